The second-order valence-corrected chi connectivity index (χ2v) is 13.6. The molecule has 2 aromatic rings. The molecule has 1 N–H and O–H groups in total. The van der Waals surface area contributed by atoms with Gasteiger partial charge in [-0.15, -0.1) is 0 Å². The van der Waals surface area contributed by atoms with E-state index in [0.29, 0.717) is 36.2 Å². The highest BCUT2D eigenvalue weighted by Gasteiger charge is 2.26. The summed E-state index contributed by atoms with van der Waals surface area (Å²) < 4.78 is 15.0. The van der Waals surface area contributed by atoms with E-state index in [-0.39, 0.29) is 35.9 Å². The van der Waals surface area contributed by atoms with Gasteiger partial charge in [0.15, 0.2) is 0 Å². The smallest absolute Gasteiger partial charge is 0.328 e. The number of nitrogens with one attached hydrogen (secondary N) is 1. The summed E-state index contributed by atoms with van der Waals surface area (Å²) >= 11 is 0. The van der Waals surface area contributed by atoms with Crippen LogP contribution < -0.4 is 23.7 Å². The van der Waals surface area contributed by atoms with Crippen molar-refractivity contribution in [3.8, 4) is 0 Å². The van der Waals surface area contributed by atoms with E-state index in [1.54, 1.807) is 6.20 Å². The van der Waals surface area contributed by atoms with Crippen molar-refractivity contribution in [3.63, 3.8) is 0 Å². The van der Waals surface area contributed by atoms with Crippen LogP contribution in [0, 0.1) is 0 Å². The zero-order valence-electron chi connectivity index (χ0n) is 29.3. The molecule has 0 bridgehead atoms. The first kappa shape index (κ1) is 41.1. The highest BCUT2D eigenvalue weighted by molar-refractivity contribution is 5.13. The summed E-state index contributed by atoms with van der Waals surface area (Å²) in [6, 6.07) is 10.2. The molecule has 0 saturated carbocycles. The van der Waals surface area contributed by atoms with Crippen molar-refractivity contribution in [2.75, 3.05) is 27.7 Å². The largest absolute Gasteiger partial charge is 1.00 e. The number of hydrogen-bond donors (Lipinski definition) is 1. The highest BCUT2D eigenvalue weighted by Crippen LogP contribution is 2.25. The average molecular weight is 650 g/mol. The molecule has 0 radical (unpaired) electrons. The molecule has 0 aliphatic rings. The van der Waals surface area contributed by atoms with Crippen molar-refractivity contribution in [1.29, 1.82) is 0 Å². The topological polar surface area (TPSA) is 73.3 Å². The maximum Gasteiger partial charge on any atom is 0.328 e. The van der Waals surface area contributed by atoms with E-state index in [4.69, 9.17) is 9.47 Å². The highest BCUT2D eigenvalue weighted by atomic mass is 35.5. The van der Waals surface area contributed by atoms with E-state index >= 15 is 0 Å². The van der Waals surface area contributed by atoms with Gasteiger partial charge in [-0.05, 0) is 25.3 Å². The fourth-order valence-electron chi connectivity index (χ4n) is 5.65. The standard InChI is InChI=1S/C37H63N3O4.ClH/c1-7-9-10-11-12-13-14-15-16-17-18-19-23-26-35(31(3)43-30-32-24-21-20-22-25-32)44-34(8-2)33-29-38-37(42)39(36(33)41)27-28-40(4,5)6;/h20-22,24-25,29,31,34-35H,7-19,23,26-28,30H2,1-6H3;1H. The Morgan fingerprint density at radius 2 is 1.38 bits per heavy atom. The van der Waals surface area contributed by atoms with E-state index in [0.717, 1.165) is 18.4 Å². The van der Waals surface area contributed by atoms with Crippen LogP contribution in [0.2, 0.25) is 0 Å². The van der Waals surface area contributed by atoms with Crippen LogP contribution in [0.1, 0.15) is 134 Å². The van der Waals surface area contributed by atoms with E-state index in [9.17, 15) is 9.59 Å². The molecule has 1 heterocycles. The number of H-pyrrole nitrogens is 1. The zero-order valence-corrected chi connectivity index (χ0v) is 30.1. The molecule has 0 spiro atoms. The second-order valence-electron chi connectivity index (χ2n) is 13.6. The monoisotopic (exact) mass is 649 g/mol. The van der Waals surface area contributed by atoms with Gasteiger partial charge in [0, 0.05) is 6.20 Å². The number of benzene rings is 1. The number of quaternary nitrogens is 1. The van der Waals surface area contributed by atoms with Gasteiger partial charge in [-0.1, -0.05) is 128 Å². The van der Waals surface area contributed by atoms with Crippen LogP contribution in [-0.4, -0.2) is 53.9 Å². The lowest BCUT2D eigenvalue weighted by atomic mass is 10.0. The number of nitrogens with zero attached hydrogens (tertiary/aromatic N) is 2. The van der Waals surface area contributed by atoms with Gasteiger partial charge >= 0.3 is 5.69 Å². The Kier molecular flexibility index (Phi) is 21.4. The van der Waals surface area contributed by atoms with Crippen LogP contribution >= 0.6 is 0 Å². The Hall–Kier alpha value is -1.93. The Morgan fingerprint density at radius 3 is 1.91 bits per heavy atom. The second kappa shape index (κ2) is 23.4. The Balaban J connectivity index is 0.0000101. The van der Waals surface area contributed by atoms with Gasteiger partial charge in [0.2, 0.25) is 0 Å². The molecule has 1 aromatic heterocycles. The molecule has 1 aromatic carbocycles. The fraction of sp³-hybridized carbons (Fsp3) is 0.730. The minimum Gasteiger partial charge on any atom is -1.00 e. The van der Waals surface area contributed by atoms with Crippen molar-refractivity contribution in [2.45, 2.75) is 149 Å². The van der Waals surface area contributed by atoms with Gasteiger partial charge < -0.3 is 31.3 Å². The lowest BCUT2D eigenvalue weighted by Crippen LogP contribution is -3.00. The summed E-state index contributed by atoms with van der Waals surface area (Å²) in [7, 11) is 6.16. The third-order valence-corrected chi connectivity index (χ3v) is 8.61. The van der Waals surface area contributed by atoms with Gasteiger partial charge in [-0.25, -0.2) is 4.79 Å². The number of likely N-dealkylation sites (N-methyl/N-ethyl adjacent to an activating group) is 1. The Labute approximate surface area is 280 Å². The number of halogens is 1. The lowest BCUT2D eigenvalue weighted by Gasteiger charge is -2.29. The Bertz CT molecular complexity index is 1130. The van der Waals surface area contributed by atoms with Crippen LogP contribution in [0.15, 0.2) is 46.1 Å². The van der Waals surface area contributed by atoms with Gasteiger partial charge in [-0.3, -0.25) is 9.36 Å². The van der Waals surface area contributed by atoms with Crippen LogP contribution in [0.4, 0.5) is 0 Å². The molecule has 3 atom stereocenters. The molecule has 3 unspecified atom stereocenters. The summed E-state index contributed by atoms with van der Waals surface area (Å²) in [5.41, 5.74) is 1.02. The molecule has 45 heavy (non-hydrogen) atoms. The predicted octanol–water partition coefficient (Wildman–Crippen LogP) is 5.17. The first-order valence-electron chi connectivity index (χ1n) is 17.6. The maximum absolute atomic E-state index is 13.5. The van der Waals surface area contributed by atoms with Gasteiger partial charge in [-0.2, -0.15) is 0 Å². The minimum absolute atomic E-state index is 0. The van der Waals surface area contributed by atoms with E-state index in [2.05, 4.69) is 52.1 Å². The van der Waals surface area contributed by atoms with E-state index in [1.165, 1.54) is 81.6 Å². The molecule has 0 aliphatic heterocycles. The van der Waals surface area contributed by atoms with Crippen LogP contribution in [0.25, 0.3) is 0 Å². The van der Waals surface area contributed by atoms with Crippen molar-refractivity contribution >= 4 is 0 Å². The van der Waals surface area contributed by atoms with Crippen molar-refractivity contribution in [2.24, 2.45) is 0 Å². The third kappa shape index (κ3) is 17.0. The molecular formula is C37H64ClN3O4. The van der Waals surface area contributed by atoms with E-state index < -0.39 is 6.10 Å². The average Bonchev–Trinajstić information content (AvgIpc) is 3.00. The number of aromatic nitrogens is 2. The number of unbranched alkanes of at least 4 members (excludes halogenated alkanes) is 12. The maximum atomic E-state index is 13.5. The molecule has 0 amide bonds. The number of hydrogen-bond acceptors (Lipinski definition) is 4. The number of aromatic amines is 1. The normalized spacial score (nSPS) is 13.7. The lowest BCUT2D eigenvalue weighted by molar-refractivity contribution is -0.871. The molecule has 258 valence electrons. The van der Waals surface area contributed by atoms with Gasteiger partial charge in [0.05, 0.1) is 64.7 Å². The Morgan fingerprint density at radius 1 is 0.822 bits per heavy atom. The molecule has 0 aliphatic carbocycles. The van der Waals surface area contributed by atoms with Crippen molar-refractivity contribution in [1.82, 2.24) is 9.55 Å². The third-order valence-electron chi connectivity index (χ3n) is 8.61. The quantitative estimate of drug-likeness (QED) is 0.119. The van der Waals surface area contributed by atoms with Crippen molar-refractivity contribution in [3.05, 3.63) is 68.5 Å². The SMILES string of the molecule is CCCCCCCCCCCCCCCC(OC(CC)c1c[nH]c(=O)n(CC[N+](C)(C)C)c1=O)C(C)OCc1ccccc1.[Cl-]. The number of rotatable bonds is 25. The molecule has 2 rings (SSSR count). The van der Waals surface area contributed by atoms with Crippen LogP contribution in [-0.2, 0) is 22.6 Å². The molecule has 8 heteroatoms. The summed E-state index contributed by atoms with van der Waals surface area (Å²) in [6.45, 7) is 7.94. The summed E-state index contributed by atoms with van der Waals surface area (Å²) in [6.07, 6.45) is 19.5. The molecule has 0 fully saturated rings. The molecule has 7 nitrogen and oxygen atoms in total. The van der Waals surface area contributed by atoms with Crippen LogP contribution in [0.3, 0.4) is 0 Å². The summed E-state index contributed by atoms with van der Waals surface area (Å²) in [5, 5.41) is 0. The molecule has 0 saturated heterocycles. The van der Waals surface area contributed by atoms with Gasteiger partial charge in [0.25, 0.3) is 5.56 Å². The molecular weight excluding hydrogens is 586 g/mol. The van der Waals surface area contributed by atoms with E-state index in [1.807, 2.05) is 25.1 Å². The minimum atomic E-state index is -0.413. The summed E-state index contributed by atoms with van der Waals surface area (Å²) in [5.74, 6) is 0. The first-order chi connectivity index (χ1) is 21.2. The summed E-state index contributed by atoms with van der Waals surface area (Å²) in [4.78, 5) is 28.8. The predicted molar refractivity (Wildman–Crippen MR) is 183 cm³/mol. The fourth-order valence-corrected chi connectivity index (χ4v) is 5.65. The van der Waals surface area contributed by atoms with Crippen molar-refractivity contribution < 1.29 is 26.4 Å². The number of ether oxygens (including phenoxy) is 2. The van der Waals surface area contributed by atoms with Crippen LogP contribution in [0.5, 0.6) is 0 Å². The zero-order chi connectivity index (χ0) is 32.2. The van der Waals surface area contributed by atoms with Gasteiger partial charge in [0.1, 0.15) is 0 Å². The first-order valence-corrected chi connectivity index (χ1v) is 17.6.